The van der Waals surface area contributed by atoms with E-state index in [9.17, 15) is 13.6 Å². The minimum absolute atomic E-state index is 0.0582. The molecule has 2 aromatic rings. The summed E-state index contributed by atoms with van der Waals surface area (Å²) in [6, 6.07) is 6.20. The summed E-state index contributed by atoms with van der Waals surface area (Å²) in [5.41, 5.74) is 0.550. The van der Waals surface area contributed by atoms with Gasteiger partial charge in [-0.1, -0.05) is 17.8 Å². The quantitative estimate of drug-likeness (QED) is 0.602. The molecular weight excluding hydrogens is 314 g/mol. The van der Waals surface area contributed by atoms with E-state index in [4.69, 9.17) is 4.74 Å². The van der Waals surface area contributed by atoms with E-state index in [1.807, 2.05) is 0 Å². The summed E-state index contributed by atoms with van der Waals surface area (Å²) in [5, 5.41) is 4.03. The second-order valence-electron chi connectivity index (χ2n) is 4.27. The summed E-state index contributed by atoms with van der Waals surface area (Å²) in [4.78, 5) is 12.1. The van der Waals surface area contributed by atoms with Gasteiger partial charge in [-0.15, -0.1) is 5.10 Å². The van der Waals surface area contributed by atoms with Crippen molar-refractivity contribution in [3.05, 3.63) is 41.6 Å². The van der Waals surface area contributed by atoms with Crippen molar-refractivity contribution in [3.8, 4) is 5.88 Å². The summed E-state index contributed by atoms with van der Waals surface area (Å²) in [6.45, 7) is -0.0582. The van der Waals surface area contributed by atoms with Gasteiger partial charge < -0.3 is 9.47 Å². The standard InChI is InChI=1S/C14H14F2N2O3S/c1-18-7-6-12(17-18)21-8-10-9(13(19)20-2)4-3-5-11(10)22-14(15)16/h3-7,14H,8H2,1-2H3. The summed E-state index contributed by atoms with van der Waals surface area (Å²) in [5.74, 6) is -2.85. The summed E-state index contributed by atoms with van der Waals surface area (Å²) in [7, 11) is 2.96. The third-order valence-electron chi connectivity index (χ3n) is 2.81. The van der Waals surface area contributed by atoms with Gasteiger partial charge in [0.05, 0.1) is 12.7 Å². The zero-order chi connectivity index (χ0) is 16.1. The Morgan fingerprint density at radius 3 is 2.77 bits per heavy atom. The lowest BCUT2D eigenvalue weighted by molar-refractivity contribution is 0.0597. The van der Waals surface area contributed by atoms with Crippen LogP contribution in [-0.2, 0) is 18.4 Å². The second-order valence-corrected chi connectivity index (χ2v) is 5.30. The molecule has 0 fully saturated rings. The molecule has 8 heteroatoms. The lowest BCUT2D eigenvalue weighted by atomic mass is 10.1. The Morgan fingerprint density at radius 2 is 2.18 bits per heavy atom. The molecule has 22 heavy (non-hydrogen) atoms. The molecule has 5 nitrogen and oxygen atoms in total. The number of aromatic nitrogens is 2. The fraction of sp³-hybridized carbons (Fsp3) is 0.286. The third kappa shape index (κ3) is 3.97. The lowest BCUT2D eigenvalue weighted by Crippen LogP contribution is -2.10. The Kier molecular flexibility index (Phi) is 5.37. The van der Waals surface area contributed by atoms with Gasteiger partial charge in [-0.25, -0.2) is 4.79 Å². The first kappa shape index (κ1) is 16.3. The number of alkyl halides is 2. The molecule has 0 aliphatic rings. The number of thioether (sulfide) groups is 1. The van der Waals surface area contributed by atoms with E-state index in [0.717, 1.165) is 0 Å². The summed E-state index contributed by atoms with van der Waals surface area (Å²) < 4.78 is 37.1. The van der Waals surface area contributed by atoms with E-state index >= 15 is 0 Å². The fourth-order valence-corrected chi connectivity index (χ4v) is 2.50. The highest BCUT2D eigenvalue weighted by atomic mass is 32.2. The number of hydrogen-bond acceptors (Lipinski definition) is 5. The van der Waals surface area contributed by atoms with E-state index in [-0.39, 0.29) is 17.1 Å². The highest BCUT2D eigenvalue weighted by molar-refractivity contribution is 7.99. The highest BCUT2D eigenvalue weighted by Gasteiger charge is 2.19. The number of halogens is 2. The zero-order valence-electron chi connectivity index (χ0n) is 12.0. The molecule has 0 aliphatic carbocycles. The normalized spacial score (nSPS) is 10.8. The molecule has 2 rings (SSSR count). The maximum Gasteiger partial charge on any atom is 0.338 e. The number of rotatable bonds is 6. The molecule has 0 spiro atoms. The first-order valence-electron chi connectivity index (χ1n) is 6.28. The SMILES string of the molecule is COC(=O)c1cccc(SC(F)F)c1COc1ccn(C)n1. The minimum Gasteiger partial charge on any atom is -0.472 e. The van der Waals surface area contributed by atoms with Crippen molar-refractivity contribution in [1.29, 1.82) is 0 Å². The Bertz CT molecular complexity index is 661. The van der Waals surface area contributed by atoms with E-state index in [1.54, 1.807) is 24.0 Å². The highest BCUT2D eigenvalue weighted by Crippen LogP contribution is 2.31. The Morgan fingerprint density at radius 1 is 1.41 bits per heavy atom. The van der Waals surface area contributed by atoms with E-state index in [2.05, 4.69) is 9.84 Å². The second kappa shape index (κ2) is 7.26. The molecule has 0 N–H and O–H groups in total. The average molecular weight is 328 g/mol. The summed E-state index contributed by atoms with van der Waals surface area (Å²) in [6.07, 6.45) is 1.69. The first-order valence-corrected chi connectivity index (χ1v) is 7.16. The van der Waals surface area contributed by atoms with Crippen molar-refractivity contribution in [1.82, 2.24) is 9.78 Å². The molecular formula is C14H14F2N2O3S. The molecule has 0 aliphatic heterocycles. The van der Waals surface area contributed by atoms with Crippen LogP contribution in [0.2, 0.25) is 0 Å². The van der Waals surface area contributed by atoms with Gasteiger partial charge in [-0.2, -0.15) is 8.78 Å². The lowest BCUT2D eigenvalue weighted by Gasteiger charge is -2.13. The molecule has 1 aromatic carbocycles. The molecule has 0 amide bonds. The van der Waals surface area contributed by atoms with Crippen LogP contribution in [0.4, 0.5) is 8.78 Å². The zero-order valence-corrected chi connectivity index (χ0v) is 12.8. The Balaban J connectivity index is 2.29. The number of benzene rings is 1. The molecule has 118 valence electrons. The maximum absolute atomic E-state index is 12.7. The smallest absolute Gasteiger partial charge is 0.338 e. The predicted octanol–water partition coefficient (Wildman–Crippen LogP) is 3.10. The number of hydrogen-bond donors (Lipinski definition) is 0. The van der Waals surface area contributed by atoms with Crippen LogP contribution in [0.5, 0.6) is 5.88 Å². The molecule has 0 saturated carbocycles. The summed E-state index contributed by atoms with van der Waals surface area (Å²) >= 11 is 0.361. The van der Waals surface area contributed by atoms with Crippen LogP contribution in [0.3, 0.4) is 0 Å². The number of carbonyl (C=O) groups is 1. The molecule has 0 radical (unpaired) electrons. The van der Waals surface area contributed by atoms with Crippen molar-refractivity contribution in [2.45, 2.75) is 17.3 Å². The van der Waals surface area contributed by atoms with Crippen molar-refractivity contribution in [2.24, 2.45) is 7.05 Å². The molecule has 1 aromatic heterocycles. The van der Waals surface area contributed by atoms with Crippen LogP contribution in [0, 0.1) is 0 Å². The van der Waals surface area contributed by atoms with Crippen LogP contribution in [0.1, 0.15) is 15.9 Å². The van der Waals surface area contributed by atoms with Gasteiger partial charge in [0.1, 0.15) is 6.61 Å². The average Bonchev–Trinajstić information content (AvgIpc) is 2.90. The van der Waals surface area contributed by atoms with Crippen LogP contribution >= 0.6 is 11.8 Å². The van der Waals surface area contributed by atoms with Crippen molar-refractivity contribution in [2.75, 3.05) is 7.11 Å². The van der Waals surface area contributed by atoms with Crippen molar-refractivity contribution in [3.63, 3.8) is 0 Å². The van der Waals surface area contributed by atoms with E-state index in [1.165, 1.54) is 25.3 Å². The van der Waals surface area contributed by atoms with Gasteiger partial charge in [0.15, 0.2) is 0 Å². The number of methoxy groups -OCH3 is 1. The first-order chi connectivity index (χ1) is 10.5. The van der Waals surface area contributed by atoms with Gasteiger partial charge in [0, 0.05) is 29.8 Å². The number of aryl methyl sites for hydroxylation is 1. The predicted molar refractivity (Wildman–Crippen MR) is 77.2 cm³/mol. The van der Waals surface area contributed by atoms with Gasteiger partial charge in [-0.05, 0) is 12.1 Å². The van der Waals surface area contributed by atoms with E-state index in [0.29, 0.717) is 23.2 Å². The van der Waals surface area contributed by atoms with E-state index < -0.39 is 11.7 Å². The maximum atomic E-state index is 12.7. The van der Waals surface area contributed by atoms with Gasteiger partial charge >= 0.3 is 5.97 Å². The largest absolute Gasteiger partial charge is 0.472 e. The van der Waals surface area contributed by atoms with Gasteiger partial charge in [0.25, 0.3) is 5.76 Å². The van der Waals surface area contributed by atoms with Crippen LogP contribution in [0.25, 0.3) is 0 Å². The molecule has 0 bridgehead atoms. The monoisotopic (exact) mass is 328 g/mol. The Labute approximate surface area is 130 Å². The van der Waals surface area contributed by atoms with Crippen LogP contribution < -0.4 is 4.74 Å². The van der Waals surface area contributed by atoms with Crippen molar-refractivity contribution < 1.29 is 23.0 Å². The Hall–Kier alpha value is -2.09. The molecule has 1 heterocycles. The van der Waals surface area contributed by atoms with Gasteiger partial charge in [-0.3, -0.25) is 4.68 Å². The van der Waals surface area contributed by atoms with Crippen molar-refractivity contribution >= 4 is 17.7 Å². The van der Waals surface area contributed by atoms with Gasteiger partial charge in [0.2, 0.25) is 5.88 Å². The number of esters is 1. The third-order valence-corrected chi connectivity index (χ3v) is 3.62. The molecule has 0 atom stereocenters. The molecule has 0 unspecified atom stereocenters. The number of nitrogens with zero attached hydrogens (tertiary/aromatic N) is 2. The molecule has 0 saturated heterocycles. The number of carbonyl (C=O) groups excluding carboxylic acids is 1. The minimum atomic E-state index is -2.60. The number of ether oxygens (including phenoxy) is 2. The fourth-order valence-electron chi connectivity index (χ4n) is 1.84. The topological polar surface area (TPSA) is 53.4 Å². The van der Waals surface area contributed by atoms with Crippen LogP contribution in [-0.4, -0.2) is 28.6 Å². The van der Waals surface area contributed by atoms with Crippen LogP contribution in [0.15, 0.2) is 35.4 Å².